The summed E-state index contributed by atoms with van der Waals surface area (Å²) in [4.78, 5) is 28.8. The highest BCUT2D eigenvalue weighted by atomic mass is 79.9. The molecule has 1 heterocycles. The molecular weight excluding hydrogens is 364 g/mol. The Kier molecular flexibility index (Phi) is 5.46. The molecule has 7 heteroatoms. The number of carboxylic acid groups (broad SMARTS) is 1. The van der Waals surface area contributed by atoms with Crippen molar-refractivity contribution in [1.29, 1.82) is 0 Å². The molecule has 1 N–H and O–H groups in total. The third kappa shape index (κ3) is 4.67. The van der Waals surface area contributed by atoms with Gasteiger partial charge >= 0.3 is 12.2 Å². The predicted molar refractivity (Wildman–Crippen MR) is 92.1 cm³/mol. The van der Waals surface area contributed by atoms with Crippen LogP contribution in [0.15, 0.2) is 10.7 Å². The van der Waals surface area contributed by atoms with E-state index in [2.05, 4.69) is 20.9 Å². The zero-order valence-electron chi connectivity index (χ0n) is 14.5. The average molecular weight is 387 g/mol. The maximum atomic E-state index is 12.3. The first-order valence-corrected chi connectivity index (χ1v) is 7.96. The lowest BCUT2D eigenvalue weighted by Crippen LogP contribution is -2.42. The SMILES string of the molecule is Cc1c(Br)cnc(N(C(=O)O)C(=O)OC(C)(C)C)c1C(C)(C)C. The number of nitrogens with zero attached hydrogens (tertiary/aromatic N) is 2. The molecule has 0 aromatic carbocycles. The molecule has 0 saturated carbocycles. The van der Waals surface area contributed by atoms with Crippen LogP contribution in [0, 0.1) is 6.92 Å². The summed E-state index contributed by atoms with van der Waals surface area (Å²) in [5, 5.41) is 9.52. The lowest BCUT2D eigenvalue weighted by atomic mass is 9.84. The zero-order chi connectivity index (χ0) is 18.2. The van der Waals surface area contributed by atoms with Crippen LogP contribution in [0.1, 0.15) is 52.7 Å². The van der Waals surface area contributed by atoms with Gasteiger partial charge in [0.15, 0.2) is 5.82 Å². The van der Waals surface area contributed by atoms with Crippen molar-refractivity contribution in [2.75, 3.05) is 4.90 Å². The van der Waals surface area contributed by atoms with Gasteiger partial charge in [0.05, 0.1) is 0 Å². The highest BCUT2D eigenvalue weighted by molar-refractivity contribution is 9.10. The molecule has 6 nitrogen and oxygen atoms in total. The van der Waals surface area contributed by atoms with Gasteiger partial charge in [0, 0.05) is 16.2 Å². The predicted octanol–water partition coefficient (Wildman–Crippen LogP) is 4.87. The van der Waals surface area contributed by atoms with Crippen LogP contribution < -0.4 is 4.90 Å². The van der Waals surface area contributed by atoms with E-state index < -0.39 is 23.2 Å². The first-order chi connectivity index (χ1) is 10.3. The van der Waals surface area contributed by atoms with Crippen molar-refractivity contribution < 1.29 is 19.4 Å². The molecule has 128 valence electrons. The van der Waals surface area contributed by atoms with E-state index in [-0.39, 0.29) is 5.82 Å². The number of carbonyl (C=O) groups excluding carboxylic acids is 1. The summed E-state index contributed by atoms with van der Waals surface area (Å²) in [5.74, 6) is 0.0694. The largest absolute Gasteiger partial charge is 0.464 e. The summed E-state index contributed by atoms with van der Waals surface area (Å²) in [5.41, 5.74) is 0.278. The quantitative estimate of drug-likeness (QED) is 0.744. The molecule has 0 aliphatic rings. The first kappa shape index (κ1) is 19.4. The van der Waals surface area contributed by atoms with E-state index in [1.165, 1.54) is 6.20 Å². The summed E-state index contributed by atoms with van der Waals surface area (Å²) in [6.07, 6.45) is -0.913. The Hall–Kier alpha value is -1.63. The molecule has 2 amide bonds. The highest BCUT2D eigenvalue weighted by Crippen LogP contribution is 2.36. The summed E-state index contributed by atoms with van der Waals surface area (Å²) in [6, 6.07) is 0. The maximum absolute atomic E-state index is 12.3. The van der Waals surface area contributed by atoms with Gasteiger partial charge < -0.3 is 9.84 Å². The number of hydrogen-bond donors (Lipinski definition) is 1. The standard InChI is InChI=1S/C16H23BrN2O4/c1-9-10(17)8-18-12(11(9)15(2,3)4)19(13(20)21)14(22)23-16(5,6)7/h8H,1-7H3,(H,20,21). The smallest absolute Gasteiger partial charge is 0.425 e. The van der Waals surface area contributed by atoms with E-state index in [0.29, 0.717) is 10.5 Å². The lowest BCUT2D eigenvalue weighted by Gasteiger charge is -2.29. The zero-order valence-corrected chi connectivity index (χ0v) is 16.1. The molecular formula is C16H23BrN2O4. The van der Waals surface area contributed by atoms with Crippen molar-refractivity contribution in [3.8, 4) is 0 Å². The fourth-order valence-corrected chi connectivity index (χ4v) is 2.50. The minimum atomic E-state index is -1.43. The summed E-state index contributed by atoms with van der Waals surface area (Å²) in [6.45, 7) is 12.7. The van der Waals surface area contributed by atoms with E-state index in [0.717, 1.165) is 10.0 Å². The molecule has 0 aliphatic heterocycles. The number of hydrogen-bond acceptors (Lipinski definition) is 4. The summed E-state index contributed by atoms with van der Waals surface area (Å²) in [7, 11) is 0. The van der Waals surface area contributed by atoms with Crippen LogP contribution in [0.25, 0.3) is 0 Å². The van der Waals surface area contributed by atoms with Crippen LogP contribution in [-0.2, 0) is 10.2 Å². The van der Waals surface area contributed by atoms with Crippen molar-refractivity contribution in [2.45, 2.75) is 59.5 Å². The molecule has 0 saturated heterocycles. The van der Waals surface area contributed by atoms with Gasteiger partial charge in [-0.1, -0.05) is 20.8 Å². The topological polar surface area (TPSA) is 79.7 Å². The number of halogens is 1. The van der Waals surface area contributed by atoms with Gasteiger partial charge in [-0.25, -0.2) is 14.6 Å². The minimum absolute atomic E-state index is 0.0694. The number of anilines is 1. The van der Waals surface area contributed by atoms with Crippen molar-refractivity contribution in [3.63, 3.8) is 0 Å². The van der Waals surface area contributed by atoms with E-state index in [4.69, 9.17) is 4.74 Å². The van der Waals surface area contributed by atoms with E-state index >= 15 is 0 Å². The molecule has 23 heavy (non-hydrogen) atoms. The van der Waals surface area contributed by atoms with Crippen molar-refractivity contribution in [3.05, 3.63) is 21.8 Å². The second-order valence-electron chi connectivity index (χ2n) is 7.28. The molecule has 1 aromatic heterocycles. The molecule has 0 spiro atoms. The Labute approximate surface area is 145 Å². The highest BCUT2D eigenvalue weighted by Gasteiger charge is 2.35. The Bertz CT molecular complexity index is 630. The number of pyridine rings is 1. The van der Waals surface area contributed by atoms with Gasteiger partial charge in [0.1, 0.15) is 5.60 Å². The number of amides is 2. The third-order valence-electron chi connectivity index (χ3n) is 2.99. The van der Waals surface area contributed by atoms with Crippen LogP contribution >= 0.6 is 15.9 Å². The summed E-state index contributed by atoms with van der Waals surface area (Å²) < 4.78 is 5.96. The number of imide groups is 1. The van der Waals surface area contributed by atoms with Gasteiger partial charge in [0.2, 0.25) is 0 Å². The third-order valence-corrected chi connectivity index (χ3v) is 3.79. The second kappa shape index (κ2) is 6.47. The van der Waals surface area contributed by atoms with Crippen LogP contribution in [0.2, 0.25) is 0 Å². The fourth-order valence-electron chi connectivity index (χ4n) is 2.20. The molecule has 0 unspecified atom stereocenters. The molecule has 1 rings (SSSR count). The Balaban J connectivity index is 3.54. The Morgan fingerprint density at radius 2 is 1.74 bits per heavy atom. The van der Waals surface area contributed by atoms with E-state index in [1.807, 2.05) is 27.7 Å². The van der Waals surface area contributed by atoms with Gasteiger partial charge in [-0.2, -0.15) is 4.90 Å². The molecule has 0 atom stereocenters. The number of rotatable bonds is 1. The molecule has 1 aromatic rings. The lowest BCUT2D eigenvalue weighted by molar-refractivity contribution is 0.0580. The average Bonchev–Trinajstić information content (AvgIpc) is 2.29. The monoisotopic (exact) mass is 386 g/mol. The van der Waals surface area contributed by atoms with Crippen LogP contribution in [0.3, 0.4) is 0 Å². The van der Waals surface area contributed by atoms with Crippen LogP contribution in [0.5, 0.6) is 0 Å². The van der Waals surface area contributed by atoms with Crippen LogP contribution in [0.4, 0.5) is 15.4 Å². The fraction of sp³-hybridized carbons (Fsp3) is 0.562. The molecule has 0 fully saturated rings. The molecule has 0 aliphatic carbocycles. The van der Waals surface area contributed by atoms with E-state index in [9.17, 15) is 14.7 Å². The molecule has 0 bridgehead atoms. The number of aromatic nitrogens is 1. The minimum Gasteiger partial charge on any atom is -0.464 e. The maximum Gasteiger partial charge on any atom is 0.425 e. The molecule has 0 radical (unpaired) electrons. The van der Waals surface area contributed by atoms with Gasteiger partial charge in [-0.15, -0.1) is 0 Å². The van der Waals surface area contributed by atoms with Crippen LogP contribution in [-0.4, -0.2) is 27.9 Å². The second-order valence-corrected chi connectivity index (χ2v) is 8.13. The van der Waals surface area contributed by atoms with Gasteiger partial charge in [-0.05, 0) is 54.6 Å². The number of carbonyl (C=O) groups is 2. The summed E-state index contributed by atoms with van der Waals surface area (Å²) >= 11 is 3.40. The first-order valence-electron chi connectivity index (χ1n) is 7.17. The van der Waals surface area contributed by atoms with Gasteiger partial charge in [0.25, 0.3) is 0 Å². The Morgan fingerprint density at radius 1 is 1.22 bits per heavy atom. The van der Waals surface area contributed by atoms with Crippen molar-refractivity contribution >= 4 is 33.9 Å². The van der Waals surface area contributed by atoms with Gasteiger partial charge in [-0.3, -0.25) is 0 Å². The Morgan fingerprint density at radius 3 is 2.13 bits per heavy atom. The van der Waals surface area contributed by atoms with Crippen molar-refractivity contribution in [2.24, 2.45) is 0 Å². The number of ether oxygens (including phenoxy) is 1. The van der Waals surface area contributed by atoms with E-state index in [1.54, 1.807) is 20.8 Å². The van der Waals surface area contributed by atoms with Crippen molar-refractivity contribution in [1.82, 2.24) is 4.98 Å². The normalized spacial score (nSPS) is 12.0.